The van der Waals surface area contributed by atoms with Gasteiger partial charge in [0, 0.05) is 32.2 Å². The SMILES string of the molecule is Cc1ccc(NC(=O)C(=O)NCCCN2CCOC(c3ccccc3)C2)c([N+](=O)[O-])c1. The third-order valence-corrected chi connectivity index (χ3v) is 5.06. The maximum atomic E-state index is 12.1. The number of amides is 2. The molecule has 31 heavy (non-hydrogen) atoms. The Morgan fingerprint density at radius 1 is 1.19 bits per heavy atom. The first kappa shape index (κ1) is 22.4. The van der Waals surface area contributed by atoms with Crippen molar-refractivity contribution in [2.24, 2.45) is 0 Å². The second kappa shape index (κ2) is 10.6. The Labute approximate surface area is 180 Å². The summed E-state index contributed by atoms with van der Waals surface area (Å²) in [7, 11) is 0. The van der Waals surface area contributed by atoms with Crippen LogP contribution in [0.15, 0.2) is 48.5 Å². The molecule has 2 amide bonds. The first-order valence-electron chi connectivity index (χ1n) is 10.2. The summed E-state index contributed by atoms with van der Waals surface area (Å²) >= 11 is 0. The van der Waals surface area contributed by atoms with Crippen molar-refractivity contribution in [2.45, 2.75) is 19.4 Å². The number of benzene rings is 2. The molecule has 1 fully saturated rings. The van der Waals surface area contributed by atoms with E-state index in [2.05, 4.69) is 15.5 Å². The molecule has 1 aliphatic heterocycles. The number of hydrogen-bond acceptors (Lipinski definition) is 6. The van der Waals surface area contributed by atoms with Crippen LogP contribution in [0.2, 0.25) is 0 Å². The molecule has 2 aromatic carbocycles. The van der Waals surface area contributed by atoms with Gasteiger partial charge in [-0.3, -0.25) is 24.6 Å². The van der Waals surface area contributed by atoms with Gasteiger partial charge in [0.25, 0.3) is 5.69 Å². The normalized spacial score (nSPS) is 16.5. The zero-order valence-electron chi connectivity index (χ0n) is 17.4. The molecule has 1 unspecified atom stereocenters. The van der Waals surface area contributed by atoms with E-state index in [-0.39, 0.29) is 17.5 Å². The average molecular weight is 426 g/mol. The number of nitro benzene ring substituents is 1. The zero-order valence-corrected chi connectivity index (χ0v) is 17.4. The van der Waals surface area contributed by atoms with E-state index in [1.54, 1.807) is 13.0 Å². The number of rotatable bonds is 7. The average Bonchev–Trinajstić information content (AvgIpc) is 2.78. The lowest BCUT2D eigenvalue weighted by Gasteiger charge is -2.33. The Kier molecular flexibility index (Phi) is 7.69. The molecule has 0 saturated carbocycles. The Hall–Kier alpha value is -3.30. The third kappa shape index (κ3) is 6.34. The fraction of sp³-hybridized carbons (Fsp3) is 0.364. The van der Waals surface area contributed by atoms with Gasteiger partial charge in [0.15, 0.2) is 0 Å². The number of nitro groups is 1. The van der Waals surface area contributed by atoms with E-state index in [1.807, 2.05) is 30.3 Å². The lowest BCUT2D eigenvalue weighted by molar-refractivity contribution is -0.384. The first-order valence-corrected chi connectivity index (χ1v) is 10.2. The standard InChI is InChI=1S/C22H26N4O5/c1-16-8-9-18(19(14-16)26(29)30)24-22(28)21(27)23-10-5-11-25-12-13-31-20(15-25)17-6-3-2-4-7-17/h2-4,6-9,14,20H,5,10-13,15H2,1H3,(H,23,27)(H,24,28). The third-order valence-electron chi connectivity index (χ3n) is 5.06. The van der Waals surface area contributed by atoms with Crippen LogP contribution in [0.1, 0.15) is 23.7 Å². The largest absolute Gasteiger partial charge is 0.371 e. The highest BCUT2D eigenvalue weighted by molar-refractivity contribution is 6.39. The van der Waals surface area contributed by atoms with Crippen LogP contribution in [0, 0.1) is 17.0 Å². The van der Waals surface area contributed by atoms with E-state index < -0.39 is 16.7 Å². The van der Waals surface area contributed by atoms with Gasteiger partial charge in [0.1, 0.15) is 5.69 Å². The van der Waals surface area contributed by atoms with Crippen molar-refractivity contribution in [3.05, 3.63) is 69.8 Å². The van der Waals surface area contributed by atoms with Crippen molar-refractivity contribution in [1.82, 2.24) is 10.2 Å². The summed E-state index contributed by atoms with van der Waals surface area (Å²) in [6, 6.07) is 14.4. The second-order valence-corrected chi connectivity index (χ2v) is 7.41. The molecule has 1 heterocycles. The van der Waals surface area contributed by atoms with Gasteiger partial charge in [-0.15, -0.1) is 0 Å². The topological polar surface area (TPSA) is 114 Å². The number of anilines is 1. The van der Waals surface area contributed by atoms with Crippen LogP contribution in [0.25, 0.3) is 0 Å². The molecule has 1 aliphatic rings. The Balaban J connectivity index is 1.42. The molecule has 1 saturated heterocycles. The maximum Gasteiger partial charge on any atom is 0.313 e. The van der Waals surface area contributed by atoms with Crippen LogP contribution in [-0.4, -0.2) is 54.4 Å². The number of nitrogens with one attached hydrogen (secondary N) is 2. The summed E-state index contributed by atoms with van der Waals surface area (Å²) in [6.07, 6.45) is 0.700. The van der Waals surface area contributed by atoms with E-state index in [4.69, 9.17) is 4.74 Å². The van der Waals surface area contributed by atoms with Gasteiger partial charge in [-0.05, 0) is 30.5 Å². The summed E-state index contributed by atoms with van der Waals surface area (Å²) < 4.78 is 5.85. The minimum Gasteiger partial charge on any atom is -0.371 e. The van der Waals surface area contributed by atoms with Gasteiger partial charge in [-0.1, -0.05) is 36.4 Å². The van der Waals surface area contributed by atoms with Crippen LogP contribution in [0.3, 0.4) is 0 Å². The Morgan fingerprint density at radius 3 is 2.71 bits per heavy atom. The van der Waals surface area contributed by atoms with Crippen LogP contribution >= 0.6 is 0 Å². The van der Waals surface area contributed by atoms with E-state index >= 15 is 0 Å². The van der Waals surface area contributed by atoms with Gasteiger partial charge in [0.05, 0.1) is 17.6 Å². The van der Waals surface area contributed by atoms with Crippen LogP contribution in [0.4, 0.5) is 11.4 Å². The lowest BCUT2D eigenvalue weighted by Crippen LogP contribution is -2.41. The van der Waals surface area contributed by atoms with Gasteiger partial charge in [0.2, 0.25) is 0 Å². The summed E-state index contributed by atoms with van der Waals surface area (Å²) in [6.45, 7) is 5.03. The number of morpholine rings is 1. The molecule has 3 rings (SSSR count). The monoisotopic (exact) mass is 426 g/mol. The maximum absolute atomic E-state index is 12.1. The Bertz CT molecular complexity index is 935. The molecule has 2 N–H and O–H groups in total. The minimum atomic E-state index is -0.928. The van der Waals surface area contributed by atoms with Crippen LogP contribution < -0.4 is 10.6 Å². The van der Waals surface area contributed by atoms with Crippen LogP contribution in [-0.2, 0) is 14.3 Å². The first-order chi connectivity index (χ1) is 14.9. The molecule has 164 valence electrons. The molecule has 1 atom stereocenters. The molecule has 0 bridgehead atoms. The molecular formula is C22H26N4O5. The van der Waals surface area contributed by atoms with E-state index in [1.165, 1.54) is 12.1 Å². The quantitative estimate of drug-likeness (QED) is 0.304. The van der Waals surface area contributed by atoms with Gasteiger partial charge < -0.3 is 15.4 Å². The van der Waals surface area contributed by atoms with Crippen molar-refractivity contribution in [3.8, 4) is 0 Å². The molecule has 9 nitrogen and oxygen atoms in total. The molecule has 0 aliphatic carbocycles. The highest BCUT2D eigenvalue weighted by Gasteiger charge is 2.22. The second-order valence-electron chi connectivity index (χ2n) is 7.41. The molecule has 9 heteroatoms. The number of hydrogen-bond donors (Lipinski definition) is 2. The van der Waals surface area contributed by atoms with E-state index in [0.717, 1.165) is 25.2 Å². The predicted octanol–water partition coefficient (Wildman–Crippen LogP) is 2.42. The molecule has 0 radical (unpaired) electrons. The highest BCUT2D eigenvalue weighted by Crippen LogP contribution is 2.25. The van der Waals surface area contributed by atoms with E-state index in [9.17, 15) is 19.7 Å². The predicted molar refractivity (Wildman–Crippen MR) is 116 cm³/mol. The fourth-order valence-corrected chi connectivity index (χ4v) is 3.44. The highest BCUT2D eigenvalue weighted by atomic mass is 16.6. The van der Waals surface area contributed by atoms with E-state index in [0.29, 0.717) is 25.1 Å². The summed E-state index contributed by atoms with van der Waals surface area (Å²) in [5.74, 6) is -1.75. The minimum absolute atomic E-state index is 0.00368. The van der Waals surface area contributed by atoms with Crippen molar-refractivity contribution < 1.29 is 19.2 Å². The fourth-order valence-electron chi connectivity index (χ4n) is 3.44. The van der Waals surface area contributed by atoms with Crippen molar-refractivity contribution in [3.63, 3.8) is 0 Å². The van der Waals surface area contributed by atoms with Crippen LogP contribution in [0.5, 0.6) is 0 Å². The summed E-state index contributed by atoms with van der Waals surface area (Å²) in [5.41, 5.74) is 1.58. The zero-order chi connectivity index (χ0) is 22.2. The van der Waals surface area contributed by atoms with Crippen molar-refractivity contribution in [2.75, 3.05) is 38.1 Å². The molecule has 0 spiro atoms. The number of ether oxygens (including phenoxy) is 1. The summed E-state index contributed by atoms with van der Waals surface area (Å²) in [5, 5.41) is 16.0. The van der Waals surface area contributed by atoms with Crippen molar-refractivity contribution in [1.29, 1.82) is 0 Å². The van der Waals surface area contributed by atoms with Crippen molar-refractivity contribution >= 4 is 23.2 Å². The number of carbonyl (C=O) groups is 2. The molecule has 0 aromatic heterocycles. The van der Waals surface area contributed by atoms with Gasteiger partial charge in [-0.2, -0.15) is 0 Å². The van der Waals surface area contributed by atoms with Gasteiger partial charge in [-0.25, -0.2) is 0 Å². The number of nitrogens with zero attached hydrogens (tertiary/aromatic N) is 2. The Morgan fingerprint density at radius 2 is 1.97 bits per heavy atom. The van der Waals surface area contributed by atoms with Gasteiger partial charge >= 0.3 is 11.8 Å². The number of carbonyl (C=O) groups excluding carboxylic acids is 2. The molecular weight excluding hydrogens is 400 g/mol. The smallest absolute Gasteiger partial charge is 0.313 e. The number of aryl methyl sites for hydroxylation is 1. The molecule has 2 aromatic rings. The summed E-state index contributed by atoms with van der Waals surface area (Å²) in [4.78, 5) is 37.0. The lowest BCUT2D eigenvalue weighted by atomic mass is 10.1.